The fourth-order valence-corrected chi connectivity index (χ4v) is 3.07. The van der Waals surface area contributed by atoms with Crippen LogP contribution in [-0.4, -0.2) is 53.4 Å². The Balaban J connectivity index is 1.43. The van der Waals surface area contributed by atoms with Gasteiger partial charge in [0, 0.05) is 55.8 Å². The summed E-state index contributed by atoms with van der Waals surface area (Å²) in [4.78, 5) is 21.0. The largest absolute Gasteiger partial charge is 0.325 e. The van der Waals surface area contributed by atoms with Crippen LogP contribution in [0.15, 0.2) is 42.7 Å². The van der Waals surface area contributed by atoms with Gasteiger partial charge in [0.05, 0.1) is 6.54 Å². The van der Waals surface area contributed by atoms with Crippen molar-refractivity contribution in [2.75, 3.05) is 38.0 Å². The average Bonchev–Trinajstić information content (AvgIpc) is 2.61. The molecule has 0 saturated carbocycles. The molecule has 132 valence electrons. The molecular formula is C19H23ClN4O. The minimum Gasteiger partial charge on any atom is -0.325 e. The van der Waals surface area contributed by atoms with Crippen LogP contribution in [0.2, 0.25) is 5.02 Å². The third-order valence-corrected chi connectivity index (χ3v) is 4.75. The summed E-state index contributed by atoms with van der Waals surface area (Å²) in [5.74, 6) is 0.0128. The van der Waals surface area contributed by atoms with E-state index in [9.17, 15) is 4.79 Å². The molecule has 0 aliphatic carbocycles. The number of aryl methyl sites for hydroxylation is 1. The van der Waals surface area contributed by atoms with Crippen molar-refractivity contribution in [1.29, 1.82) is 0 Å². The van der Waals surface area contributed by atoms with Gasteiger partial charge < -0.3 is 5.32 Å². The van der Waals surface area contributed by atoms with Crippen LogP contribution in [-0.2, 0) is 11.3 Å². The van der Waals surface area contributed by atoms with Gasteiger partial charge in [-0.2, -0.15) is 0 Å². The molecule has 1 aromatic heterocycles. The van der Waals surface area contributed by atoms with E-state index in [1.807, 2.05) is 30.6 Å². The zero-order valence-electron chi connectivity index (χ0n) is 14.4. The maximum absolute atomic E-state index is 12.2. The zero-order chi connectivity index (χ0) is 17.6. The Morgan fingerprint density at radius 2 is 1.80 bits per heavy atom. The van der Waals surface area contributed by atoms with E-state index in [0.29, 0.717) is 11.6 Å². The Bertz CT molecular complexity index is 712. The minimum absolute atomic E-state index is 0.0128. The molecule has 0 unspecified atom stereocenters. The van der Waals surface area contributed by atoms with Gasteiger partial charge in [0.1, 0.15) is 0 Å². The molecule has 1 aliphatic heterocycles. The highest BCUT2D eigenvalue weighted by molar-refractivity contribution is 6.30. The van der Waals surface area contributed by atoms with Crippen molar-refractivity contribution in [1.82, 2.24) is 14.8 Å². The lowest BCUT2D eigenvalue weighted by atomic mass is 10.1. The number of aromatic nitrogens is 1. The summed E-state index contributed by atoms with van der Waals surface area (Å²) in [5.41, 5.74) is 3.33. The van der Waals surface area contributed by atoms with Gasteiger partial charge in [-0.1, -0.05) is 11.6 Å². The lowest BCUT2D eigenvalue weighted by molar-refractivity contribution is -0.117. The lowest BCUT2D eigenvalue weighted by Gasteiger charge is -2.34. The molecule has 2 aromatic rings. The van der Waals surface area contributed by atoms with E-state index in [4.69, 9.17) is 11.6 Å². The van der Waals surface area contributed by atoms with E-state index >= 15 is 0 Å². The molecule has 1 aliphatic rings. The van der Waals surface area contributed by atoms with E-state index in [0.717, 1.165) is 38.4 Å². The highest BCUT2D eigenvalue weighted by Crippen LogP contribution is 2.14. The first-order valence-electron chi connectivity index (χ1n) is 8.50. The first kappa shape index (κ1) is 17.9. The van der Waals surface area contributed by atoms with Crippen LogP contribution >= 0.6 is 11.6 Å². The summed E-state index contributed by atoms with van der Waals surface area (Å²) < 4.78 is 0. The molecule has 1 N–H and O–H groups in total. The number of nitrogens with zero attached hydrogens (tertiary/aromatic N) is 3. The van der Waals surface area contributed by atoms with Crippen LogP contribution in [0.25, 0.3) is 0 Å². The topological polar surface area (TPSA) is 48.5 Å². The Morgan fingerprint density at radius 1 is 1.12 bits per heavy atom. The van der Waals surface area contributed by atoms with Gasteiger partial charge in [-0.3, -0.25) is 19.6 Å². The van der Waals surface area contributed by atoms with Crippen LogP contribution in [0, 0.1) is 6.92 Å². The van der Waals surface area contributed by atoms with Gasteiger partial charge in [0.25, 0.3) is 0 Å². The Morgan fingerprint density at radius 3 is 2.48 bits per heavy atom. The van der Waals surface area contributed by atoms with E-state index in [2.05, 4.69) is 27.0 Å². The normalized spacial score (nSPS) is 15.9. The number of nitrogens with one attached hydrogen (secondary N) is 1. The molecule has 3 rings (SSSR count). The smallest absolute Gasteiger partial charge is 0.238 e. The highest BCUT2D eigenvalue weighted by Gasteiger charge is 2.19. The summed E-state index contributed by atoms with van der Waals surface area (Å²) in [6.07, 6.45) is 3.78. The average molecular weight is 359 g/mol. The van der Waals surface area contributed by atoms with Crippen molar-refractivity contribution in [3.63, 3.8) is 0 Å². The predicted molar refractivity (Wildman–Crippen MR) is 101 cm³/mol. The maximum Gasteiger partial charge on any atom is 0.238 e. The molecule has 1 fully saturated rings. The zero-order valence-corrected chi connectivity index (χ0v) is 15.2. The third-order valence-electron chi connectivity index (χ3n) is 4.50. The number of carbonyl (C=O) groups is 1. The Labute approximate surface area is 153 Å². The Kier molecular flexibility index (Phi) is 6.02. The molecule has 1 saturated heterocycles. The molecule has 0 spiro atoms. The second-order valence-electron chi connectivity index (χ2n) is 6.41. The number of piperazine rings is 1. The van der Waals surface area contributed by atoms with E-state index in [-0.39, 0.29) is 5.91 Å². The first-order chi connectivity index (χ1) is 12.1. The van der Waals surface area contributed by atoms with Gasteiger partial charge in [-0.15, -0.1) is 0 Å². The van der Waals surface area contributed by atoms with Gasteiger partial charge in [0.2, 0.25) is 5.91 Å². The second-order valence-corrected chi connectivity index (χ2v) is 6.85. The van der Waals surface area contributed by atoms with Crippen LogP contribution < -0.4 is 5.32 Å². The predicted octanol–water partition coefficient (Wildman–Crippen LogP) is 2.80. The number of anilines is 1. The third kappa shape index (κ3) is 5.26. The molecule has 5 nitrogen and oxygen atoms in total. The van der Waals surface area contributed by atoms with Gasteiger partial charge in [-0.05, 0) is 48.4 Å². The van der Waals surface area contributed by atoms with Crippen molar-refractivity contribution in [2.45, 2.75) is 13.5 Å². The summed E-state index contributed by atoms with van der Waals surface area (Å²) >= 11 is 5.86. The van der Waals surface area contributed by atoms with Crippen LogP contribution in [0.5, 0.6) is 0 Å². The van der Waals surface area contributed by atoms with E-state index < -0.39 is 0 Å². The fourth-order valence-electron chi connectivity index (χ4n) is 2.95. The summed E-state index contributed by atoms with van der Waals surface area (Å²) in [7, 11) is 0. The summed E-state index contributed by atoms with van der Waals surface area (Å²) in [6.45, 7) is 7.17. The molecule has 0 radical (unpaired) electrons. The molecule has 25 heavy (non-hydrogen) atoms. The molecule has 6 heteroatoms. The fraction of sp³-hybridized carbons (Fsp3) is 0.368. The van der Waals surface area contributed by atoms with Crippen molar-refractivity contribution in [3.8, 4) is 0 Å². The quantitative estimate of drug-likeness (QED) is 0.892. The number of rotatable bonds is 5. The van der Waals surface area contributed by atoms with Gasteiger partial charge >= 0.3 is 0 Å². The number of pyridine rings is 1. The molecule has 1 amide bonds. The van der Waals surface area contributed by atoms with E-state index in [1.54, 1.807) is 12.1 Å². The van der Waals surface area contributed by atoms with Crippen molar-refractivity contribution in [2.24, 2.45) is 0 Å². The second kappa shape index (κ2) is 8.43. The Hall–Kier alpha value is -1.95. The molecule has 0 atom stereocenters. The van der Waals surface area contributed by atoms with Crippen molar-refractivity contribution in [3.05, 3.63) is 58.9 Å². The number of carbonyl (C=O) groups excluding carboxylic acids is 1. The number of hydrogen-bond donors (Lipinski definition) is 1. The number of hydrogen-bond acceptors (Lipinski definition) is 4. The summed E-state index contributed by atoms with van der Waals surface area (Å²) in [6, 6.07) is 9.22. The SMILES string of the molecule is Cc1ccncc1CN1CCN(CC(=O)Nc2ccc(Cl)cc2)CC1. The van der Waals surface area contributed by atoms with Crippen molar-refractivity contribution >= 4 is 23.2 Å². The molecular weight excluding hydrogens is 336 g/mol. The van der Waals surface area contributed by atoms with Crippen LogP contribution in [0.3, 0.4) is 0 Å². The monoisotopic (exact) mass is 358 g/mol. The molecule has 0 bridgehead atoms. The molecule has 2 heterocycles. The van der Waals surface area contributed by atoms with Gasteiger partial charge in [0.15, 0.2) is 0 Å². The number of halogens is 1. The standard InChI is InChI=1S/C19H23ClN4O/c1-15-6-7-21-12-16(15)13-23-8-10-24(11-9-23)14-19(25)22-18-4-2-17(20)3-5-18/h2-7,12H,8-11,13-14H2,1H3,(H,22,25). The van der Waals surface area contributed by atoms with E-state index in [1.165, 1.54) is 11.1 Å². The van der Waals surface area contributed by atoms with Crippen LogP contribution in [0.1, 0.15) is 11.1 Å². The van der Waals surface area contributed by atoms with Crippen LogP contribution in [0.4, 0.5) is 5.69 Å². The van der Waals surface area contributed by atoms with Gasteiger partial charge in [-0.25, -0.2) is 0 Å². The molecule has 1 aromatic carbocycles. The summed E-state index contributed by atoms with van der Waals surface area (Å²) in [5, 5.41) is 3.58. The minimum atomic E-state index is 0.0128. The highest BCUT2D eigenvalue weighted by atomic mass is 35.5. The maximum atomic E-state index is 12.2. The lowest BCUT2D eigenvalue weighted by Crippen LogP contribution is -2.48. The first-order valence-corrected chi connectivity index (χ1v) is 8.87. The number of benzene rings is 1. The number of amides is 1. The van der Waals surface area contributed by atoms with Crippen molar-refractivity contribution < 1.29 is 4.79 Å².